The first kappa shape index (κ1) is 25.3. The molecule has 8 nitrogen and oxygen atoms in total. The quantitative estimate of drug-likeness (QED) is 0.282. The van der Waals surface area contributed by atoms with Crippen molar-refractivity contribution in [3.63, 3.8) is 0 Å². The minimum Gasteiger partial charge on any atom is -0.497 e. The van der Waals surface area contributed by atoms with E-state index < -0.39 is 0 Å². The van der Waals surface area contributed by atoms with Gasteiger partial charge in [-0.1, -0.05) is 48.0 Å². The van der Waals surface area contributed by atoms with Crippen LogP contribution in [0.2, 0.25) is 0 Å². The van der Waals surface area contributed by atoms with Crippen LogP contribution in [0.5, 0.6) is 11.5 Å². The summed E-state index contributed by atoms with van der Waals surface area (Å²) < 4.78 is 15.1. The highest BCUT2D eigenvalue weighted by Crippen LogP contribution is 2.39. The lowest BCUT2D eigenvalue weighted by Gasteiger charge is -2.31. The van der Waals surface area contributed by atoms with E-state index in [1.165, 1.54) is 0 Å². The maximum absolute atomic E-state index is 14.3. The van der Waals surface area contributed by atoms with E-state index in [2.05, 4.69) is 47.1 Å². The summed E-state index contributed by atoms with van der Waals surface area (Å²) in [6.45, 7) is 4.41. The van der Waals surface area contributed by atoms with Crippen molar-refractivity contribution in [2.75, 3.05) is 19.5 Å². The summed E-state index contributed by atoms with van der Waals surface area (Å²) >= 11 is 0. The lowest BCUT2D eigenvalue weighted by molar-refractivity contribution is 0.194. The molecule has 2 aromatic heterocycles. The van der Waals surface area contributed by atoms with Gasteiger partial charge in [0.2, 0.25) is 0 Å². The Kier molecular flexibility index (Phi) is 6.51. The lowest BCUT2D eigenvalue weighted by Crippen LogP contribution is -2.38. The monoisotopic (exact) mass is 533 g/mol. The third-order valence-electron chi connectivity index (χ3n) is 7.39. The van der Waals surface area contributed by atoms with Crippen molar-refractivity contribution in [1.29, 1.82) is 0 Å². The average Bonchev–Trinajstić information content (AvgIpc) is 3.54. The smallest absolute Gasteiger partial charge is 0.323 e. The van der Waals surface area contributed by atoms with Crippen molar-refractivity contribution < 1.29 is 14.3 Å². The molecule has 1 aliphatic heterocycles. The van der Waals surface area contributed by atoms with Gasteiger partial charge in [-0.15, -0.1) is 0 Å². The number of hydrogen-bond donors (Lipinski definition) is 1. The zero-order valence-corrected chi connectivity index (χ0v) is 23.0. The van der Waals surface area contributed by atoms with Crippen molar-refractivity contribution >= 4 is 11.7 Å². The molecule has 1 atom stereocenters. The minimum absolute atomic E-state index is 0.260. The third kappa shape index (κ3) is 4.37. The molecule has 0 radical (unpaired) electrons. The fourth-order valence-corrected chi connectivity index (χ4v) is 5.35. The number of ether oxygens (including phenoxy) is 2. The molecule has 0 unspecified atom stereocenters. The van der Waals surface area contributed by atoms with E-state index >= 15 is 0 Å². The summed E-state index contributed by atoms with van der Waals surface area (Å²) in [7, 11) is 3.18. The van der Waals surface area contributed by atoms with E-state index in [4.69, 9.17) is 14.6 Å². The number of aromatic nitrogens is 3. The molecule has 2 amide bonds. The normalized spacial score (nSPS) is 14.2. The van der Waals surface area contributed by atoms with Crippen LogP contribution in [0.4, 0.5) is 10.5 Å². The number of anilines is 1. The molecule has 0 saturated heterocycles. The number of amides is 2. The van der Waals surface area contributed by atoms with E-state index in [0.29, 0.717) is 23.7 Å². The molecule has 0 fully saturated rings. The van der Waals surface area contributed by atoms with Gasteiger partial charge in [-0.2, -0.15) is 5.10 Å². The van der Waals surface area contributed by atoms with E-state index in [0.717, 1.165) is 39.6 Å². The van der Waals surface area contributed by atoms with Gasteiger partial charge in [-0.3, -0.25) is 0 Å². The summed E-state index contributed by atoms with van der Waals surface area (Å²) in [6.07, 6.45) is 2.04. The van der Waals surface area contributed by atoms with Crippen LogP contribution in [0.15, 0.2) is 91.1 Å². The van der Waals surface area contributed by atoms with Gasteiger partial charge in [-0.05, 0) is 55.8 Å². The molecule has 40 heavy (non-hydrogen) atoms. The Morgan fingerprint density at radius 3 is 2.42 bits per heavy atom. The molecule has 0 bridgehead atoms. The highest BCUT2D eigenvalue weighted by molar-refractivity contribution is 5.92. The Balaban J connectivity index is 1.52. The summed E-state index contributed by atoms with van der Waals surface area (Å²) in [5.41, 5.74) is 6.46. The number of carbonyl (C=O) groups excluding carboxylic acids is 1. The molecule has 202 valence electrons. The molecule has 5 aromatic rings. The van der Waals surface area contributed by atoms with E-state index in [1.807, 2.05) is 59.1 Å². The summed E-state index contributed by atoms with van der Waals surface area (Å²) in [5.74, 6) is 2.10. The molecular formula is C32H31N5O3. The molecule has 8 heteroatoms. The SMILES string of the molecule is COc1ccc(OC)c(NC(=O)N2Cc3c(C)nn(-c4ccccc4)c3-n3cccc3[C@H]2c2ccc(C)cc2)c1. The number of aryl methyl sites for hydroxylation is 2. The first-order chi connectivity index (χ1) is 19.5. The van der Waals surface area contributed by atoms with Crippen molar-refractivity contribution in [3.05, 3.63) is 119 Å². The topological polar surface area (TPSA) is 73.6 Å². The van der Waals surface area contributed by atoms with E-state index in [1.54, 1.807) is 32.4 Å². The minimum atomic E-state index is -0.358. The number of nitrogens with zero attached hydrogens (tertiary/aromatic N) is 4. The first-order valence-electron chi connectivity index (χ1n) is 13.2. The van der Waals surface area contributed by atoms with Crippen molar-refractivity contribution in [1.82, 2.24) is 19.2 Å². The molecule has 1 N–H and O–H groups in total. The molecule has 0 aliphatic carbocycles. The molecular weight excluding hydrogens is 502 g/mol. The van der Waals surface area contributed by atoms with Crippen LogP contribution >= 0.6 is 0 Å². The Morgan fingerprint density at radius 1 is 0.925 bits per heavy atom. The highest BCUT2D eigenvalue weighted by Gasteiger charge is 2.36. The Morgan fingerprint density at radius 2 is 1.70 bits per heavy atom. The number of rotatable bonds is 5. The van der Waals surface area contributed by atoms with Gasteiger partial charge in [-0.25, -0.2) is 9.48 Å². The Hall–Kier alpha value is -4.98. The predicted molar refractivity (Wildman–Crippen MR) is 155 cm³/mol. The number of para-hydroxylation sites is 1. The number of methoxy groups -OCH3 is 2. The van der Waals surface area contributed by atoms with Gasteiger partial charge in [0.25, 0.3) is 0 Å². The molecule has 1 aliphatic rings. The summed E-state index contributed by atoms with van der Waals surface area (Å²) in [4.78, 5) is 16.1. The van der Waals surface area contributed by atoms with Crippen LogP contribution in [0, 0.1) is 13.8 Å². The van der Waals surface area contributed by atoms with Crippen LogP contribution in [0.3, 0.4) is 0 Å². The van der Waals surface area contributed by atoms with Gasteiger partial charge >= 0.3 is 6.03 Å². The van der Waals surface area contributed by atoms with Gasteiger partial charge in [0.05, 0.1) is 49.6 Å². The largest absolute Gasteiger partial charge is 0.497 e. The van der Waals surface area contributed by atoms with Crippen LogP contribution in [0.1, 0.15) is 34.1 Å². The van der Waals surface area contributed by atoms with Crippen molar-refractivity contribution in [2.45, 2.75) is 26.4 Å². The van der Waals surface area contributed by atoms with E-state index in [9.17, 15) is 4.79 Å². The number of urea groups is 1. The lowest BCUT2D eigenvalue weighted by atomic mass is 10.0. The second-order valence-electron chi connectivity index (χ2n) is 9.88. The summed E-state index contributed by atoms with van der Waals surface area (Å²) in [5, 5.41) is 8.02. The average molecular weight is 534 g/mol. The Bertz CT molecular complexity index is 1670. The van der Waals surface area contributed by atoms with Crippen molar-refractivity contribution in [2.24, 2.45) is 0 Å². The standard InChI is InChI=1S/C32H31N5O3/c1-21-12-14-23(15-13-21)30-28-11-8-18-35(28)31-26(22(2)34-37(31)24-9-6-5-7-10-24)20-36(30)32(38)33-27-19-25(39-3)16-17-29(27)40-4/h5-19,30H,20H2,1-4H3,(H,33,38)/t30-/m1/s1. The number of carbonyl (C=O) groups is 1. The number of fused-ring (bicyclic) bond motifs is 3. The van der Waals surface area contributed by atoms with Gasteiger partial charge in [0.15, 0.2) is 0 Å². The zero-order chi connectivity index (χ0) is 27.8. The second-order valence-corrected chi connectivity index (χ2v) is 9.88. The maximum Gasteiger partial charge on any atom is 0.323 e. The highest BCUT2D eigenvalue weighted by atomic mass is 16.5. The Labute approximate surface area is 233 Å². The molecule has 6 rings (SSSR count). The van der Waals surface area contributed by atoms with Crippen molar-refractivity contribution in [3.8, 4) is 23.0 Å². The van der Waals surface area contributed by atoms with Crippen LogP contribution in [-0.2, 0) is 6.54 Å². The zero-order valence-electron chi connectivity index (χ0n) is 23.0. The molecule has 0 spiro atoms. The van der Waals surface area contributed by atoms with E-state index in [-0.39, 0.29) is 12.1 Å². The maximum atomic E-state index is 14.3. The predicted octanol–water partition coefficient (Wildman–Crippen LogP) is 6.43. The number of benzene rings is 3. The fourth-order valence-electron chi connectivity index (χ4n) is 5.35. The van der Waals surface area contributed by atoms with Crippen LogP contribution in [0.25, 0.3) is 11.5 Å². The fraction of sp³-hybridized carbons (Fsp3) is 0.188. The second kappa shape index (κ2) is 10.3. The number of nitrogens with one attached hydrogen (secondary N) is 1. The molecule has 3 aromatic carbocycles. The van der Waals surface area contributed by atoms with Crippen LogP contribution in [-0.4, -0.2) is 39.5 Å². The molecule has 3 heterocycles. The first-order valence-corrected chi connectivity index (χ1v) is 13.2. The van der Waals surface area contributed by atoms with Gasteiger partial charge in [0, 0.05) is 17.8 Å². The van der Waals surface area contributed by atoms with Crippen LogP contribution < -0.4 is 14.8 Å². The third-order valence-corrected chi connectivity index (χ3v) is 7.39. The summed E-state index contributed by atoms with van der Waals surface area (Å²) in [6, 6.07) is 27.3. The number of hydrogen-bond acceptors (Lipinski definition) is 4. The van der Waals surface area contributed by atoms with Gasteiger partial charge < -0.3 is 24.3 Å². The molecule has 0 saturated carbocycles. The van der Waals surface area contributed by atoms with Gasteiger partial charge in [0.1, 0.15) is 17.3 Å².